The molecule has 0 unspecified atom stereocenters. The fourth-order valence-electron chi connectivity index (χ4n) is 4.31. The molecule has 0 aromatic heterocycles. The van der Waals surface area contributed by atoms with Crippen LogP contribution in [0.25, 0.3) is 12.2 Å². The second-order valence-electron chi connectivity index (χ2n) is 8.16. The number of phenolic OH excluding ortho intramolecular Hbond substituents is 1. The Morgan fingerprint density at radius 2 is 1.52 bits per heavy atom. The van der Waals surface area contributed by atoms with Crippen molar-refractivity contribution in [2.45, 2.75) is 45.1 Å². The summed E-state index contributed by atoms with van der Waals surface area (Å²) >= 11 is 0. The van der Waals surface area contributed by atoms with Gasteiger partial charge in [-0.2, -0.15) is 0 Å². The van der Waals surface area contributed by atoms with Crippen molar-refractivity contribution in [2.75, 3.05) is 13.1 Å². The third-order valence-electron chi connectivity index (χ3n) is 5.90. The van der Waals surface area contributed by atoms with Crippen LogP contribution in [0.2, 0.25) is 0 Å². The van der Waals surface area contributed by atoms with Crippen molar-refractivity contribution < 1.29 is 9.90 Å². The summed E-state index contributed by atoms with van der Waals surface area (Å²) in [5.41, 5.74) is 4.78. The van der Waals surface area contributed by atoms with Crippen LogP contribution in [0.3, 0.4) is 0 Å². The average Bonchev–Trinajstić information content (AvgIpc) is 2.75. The van der Waals surface area contributed by atoms with Crippen molar-refractivity contribution in [3.8, 4) is 5.75 Å². The molecule has 2 aliphatic rings. The Morgan fingerprint density at radius 3 is 2.24 bits per heavy atom. The van der Waals surface area contributed by atoms with E-state index in [-0.39, 0.29) is 5.78 Å². The Balaban J connectivity index is 1.54. The first-order chi connectivity index (χ1) is 14.2. The molecule has 0 atom stereocenters. The maximum atomic E-state index is 13.0. The number of benzene rings is 2. The summed E-state index contributed by atoms with van der Waals surface area (Å²) in [7, 11) is 0. The maximum absolute atomic E-state index is 13.0. The lowest BCUT2D eigenvalue weighted by atomic mass is 9.86. The van der Waals surface area contributed by atoms with Crippen LogP contribution in [0.4, 0.5) is 0 Å². The van der Waals surface area contributed by atoms with Crippen LogP contribution in [0.5, 0.6) is 5.75 Å². The highest BCUT2D eigenvalue weighted by molar-refractivity contribution is 6.13. The minimum Gasteiger partial charge on any atom is -0.508 e. The number of aromatic hydroxyl groups is 1. The standard InChI is InChI=1S/C26H29NO2/c28-25-13-12-21(18-24(25)19-27-14-5-2-6-15-27)17-23-11-7-10-22(26(23)29)16-20-8-3-1-4-9-20/h1,3-4,8-9,12-13,16-18,28H,2,5-7,10-11,14-15,19H2/b22-16+,23-17-. The van der Waals surface area contributed by atoms with Gasteiger partial charge < -0.3 is 5.11 Å². The first kappa shape index (κ1) is 19.7. The van der Waals surface area contributed by atoms with Gasteiger partial charge in [-0.1, -0.05) is 42.8 Å². The molecule has 0 radical (unpaired) electrons. The van der Waals surface area contributed by atoms with Gasteiger partial charge in [0.25, 0.3) is 0 Å². The lowest BCUT2D eigenvalue weighted by Crippen LogP contribution is -2.29. The largest absolute Gasteiger partial charge is 0.508 e. The Morgan fingerprint density at radius 1 is 0.828 bits per heavy atom. The Labute approximate surface area is 173 Å². The van der Waals surface area contributed by atoms with E-state index in [0.29, 0.717) is 5.75 Å². The van der Waals surface area contributed by atoms with Gasteiger partial charge in [0.15, 0.2) is 5.78 Å². The highest BCUT2D eigenvalue weighted by Gasteiger charge is 2.20. The second-order valence-corrected chi connectivity index (χ2v) is 8.16. The molecule has 3 nitrogen and oxygen atoms in total. The molecular weight excluding hydrogens is 358 g/mol. The van der Waals surface area contributed by atoms with Crippen molar-refractivity contribution >= 4 is 17.9 Å². The minimum absolute atomic E-state index is 0.158. The number of hydrogen-bond donors (Lipinski definition) is 1. The first-order valence-electron chi connectivity index (χ1n) is 10.7. The van der Waals surface area contributed by atoms with E-state index in [0.717, 1.165) is 66.7 Å². The molecule has 0 bridgehead atoms. The Hall–Kier alpha value is -2.65. The molecule has 1 aliphatic heterocycles. The van der Waals surface area contributed by atoms with E-state index < -0.39 is 0 Å². The van der Waals surface area contributed by atoms with Crippen molar-refractivity contribution in [3.63, 3.8) is 0 Å². The fraction of sp³-hybridized carbons (Fsp3) is 0.346. The first-order valence-corrected chi connectivity index (χ1v) is 10.7. The zero-order valence-corrected chi connectivity index (χ0v) is 16.9. The molecule has 150 valence electrons. The van der Waals surface area contributed by atoms with Crippen LogP contribution in [-0.2, 0) is 11.3 Å². The van der Waals surface area contributed by atoms with Gasteiger partial charge in [-0.05, 0) is 80.6 Å². The summed E-state index contributed by atoms with van der Waals surface area (Å²) in [6, 6.07) is 15.8. The molecule has 2 aromatic rings. The zero-order valence-electron chi connectivity index (χ0n) is 16.9. The number of piperidine rings is 1. The van der Waals surface area contributed by atoms with Gasteiger partial charge in [0, 0.05) is 23.3 Å². The predicted octanol–water partition coefficient (Wildman–Crippen LogP) is 5.60. The van der Waals surface area contributed by atoms with Crippen LogP contribution >= 0.6 is 0 Å². The van der Waals surface area contributed by atoms with Crippen LogP contribution in [-0.4, -0.2) is 28.9 Å². The van der Waals surface area contributed by atoms with E-state index in [4.69, 9.17) is 0 Å². The van der Waals surface area contributed by atoms with Gasteiger partial charge in [0.2, 0.25) is 0 Å². The highest BCUT2D eigenvalue weighted by atomic mass is 16.3. The number of Topliss-reactive ketones (excluding diaryl/α,β-unsaturated/α-hetero) is 1. The number of carbonyl (C=O) groups excluding carboxylic acids is 1. The van der Waals surface area contributed by atoms with Gasteiger partial charge >= 0.3 is 0 Å². The zero-order chi connectivity index (χ0) is 20.1. The number of nitrogens with zero attached hydrogens (tertiary/aromatic N) is 1. The maximum Gasteiger partial charge on any atom is 0.185 e. The number of hydrogen-bond acceptors (Lipinski definition) is 3. The molecule has 4 rings (SSSR count). The summed E-state index contributed by atoms with van der Waals surface area (Å²) < 4.78 is 0. The summed E-state index contributed by atoms with van der Waals surface area (Å²) in [5, 5.41) is 10.3. The summed E-state index contributed by atoms with van der Waals surface area (Å²) in [5.74, 6) is 0.503. The molecule has 1 saturated heterocycles. The van der Waals surface area contributed by atoms with Crippen LogP contribution in [0, 0.1) is 0 Å². The van der Waals surface area contributed by atoms with Crippen molar-refractivity contribution in [1.29, 1.82) is 0 Å². The van der Waals surface area contributed by atoms with E-state index in [1.165, 1.54) is 19.3 Å². The molecule has 0 spiro atoms. The number of rotatable bonds is 4. The summed E-state index contributed by atoms with van der Waals surface area (Å²) in [6.45, 7) is 2.96. The monoisotopic (exact) mass is 387 g/mol. The number of carbonyl (C=O) groups is 1. The number of allylic oxidation sites excluding steroid dienone is 2. The molecule has 2 fully saturated rings. The van der Waals surface area contributed by atoms with Crippen molar-refractivity contribution in [3.05, 3.63) is 76.4 Å². The van der Waals surface area contributed by atoms with Crippen LogP contribution in [0.1, 0.15) is 55.2 Å². The van der Waals surface area contributed by atoms with E-state index in [2.05, 4.69) is 4.90 Å². The van der Waals surface area contributed by atoms with Gasteiger partial charge in [-0.15, -0.1) is 0 Å². The lowest BCUT2D eigenvalue weighted by molar-refractivity contribution is -0.112. The molecule has 1 heterocycles. The normalized spacial score (nSPS) is 21.0. The number of likely N-dealkylation sites (tertiary alicyclic amines) is 1. The van der Waals surface area contributed by atoms with Gasteiger partial charge in [0.1, 0.15) is 5.75 Å². The van der Waals surface area contributed by atoms with E-state index in [9.17, 15) is 9.90 Å². The fourth-order valence-corrected chi connectivity index (χ4v) is 4.31. The average molecular weight is 388 g/mol. The molecule has 1 saturated carbocycles. The highest BCUT2D eigenvalue weighted by Crippen LogP contribution is 2.29. The molecule has 1 aliphatic carbocycles. The molecule has 1 N–H and O–H groups in total. The molecule has 2 aromatic carbocycles. The molecule has 29 heavy (non-hydrogen) atoms. The van der Waals surface area contributed by atoms with E-state index in [1.54, 1.807) is 6.07 Å². The van der Waals surface area contributed by atoms with Crippen molar-refractivity contribution in [1.82, 2.24) is 4.90 Å². The smallest absolute Gasteiger partial charge is 0.185 e. The third-order valence-corrected chi connectivity index (χ3v) is 5.90. The summed E-state index contributed by atoms with van der Waals surface area (Å²) in [6.07, 6.45) is 10.4. The van der Waals surface area contributed by atoms with Crippen LogP contribution < -0.4 is 0 Å². The summed E-state index contributed by atoms with van der Waals surface area (Å²) in [4.78, 5) is 15.4. The second kappa shape index (κ2) is 9.23. The molecule has 3 heteroatoms. The third kappa shape index (κ3) is 5.04. The topological polar surface area (TPSA) is 40.5 Å². The van der Waals surface area contributed by atoms with Crippen molar-refractivity contribution in [2.24, 2.45) is 0 Å². The SMILES string of the molecule is O=C1/C(=C\c2ccc(O)c(CN3CCCCC3)c2)CCC/C1=C\c1ccccc1. The van der Waals surface area contributed by atoms with E-state index >= 15 is 0 Å². The van der Waals surface area contributed by atoms with E-state index in [1.807, 2.05) is 54.6 Å². The molecular formula is C26H29NO2. The Bertz CT molecular complexity index is 921. The van der Waals surface area contributed by atoms with Crippen LogP contribution in [0.15, 0.2) is 59.7 Å². The quantitative estimate of drug-likeness (QED) is 0.695. The molecule has 0 amide bonds. The van der Waals surface area contributed by atoms with Gasteiger partial charge in [-0.25, -0.2) is 0 Å². The predicted molar refractivity (Wildman–Crippen MR) is 118 cm³/mol. The number of ketones is 1. The minimum atomic E-state index is 0.158. The van der Waals surface area contributed by atoms with Gasteiger partial charge in [-0.3, -0.25) is 9.69 Å². The number of phenols is 1. The van der Waals surface area contributed by atoms with Gasteiger partial charge in [0.05, 0.1) is 0 Å². The Kier molecular flexibility index (Phi) is 6.26. The lowest BCUT2D eigenvalue weighted by Gasteiger charge is -2.26.